The van der Waals surface area contributed by atoms with Crippen molar-refractivity contribution < 1.29 is 32.0 Å². The highest BCUT2D eigenvalue weighted by molar-refractivity contribution is 5.47. The monoisotopic (exact) mass is 358 g/mol. The van der Waals surface area contributed by atoms with Crippen LogP contribution in [0.3, 0.4) is 0 Å². The molecule has 0 saturated carbocycles. The molecule has 0 N–H and O–H groups in total. The highest BCUT2D eigenvalue weighted by Gasteiger charge is 2.62. The molecule has 1 aliphatic heterocycles. The number of nitro groups is 1. The summed E-state index contributed by atoms with van der Waals surface area (Å²) in [7, 11) is 0. The summed E-state index contributed by atoms with van der Waals surface area (Å²) in [6, 6.07) is 4.86. The largest absolute Gasteiger partial charge is 0.433 e. The number of alkyl halides is 3. The van der Waals surface area contributed by atoms with E-state index in [1.165, 1.54) is 12.3 Å². The van der Waals surface area contributed by atoms with Crippen LogP contribution in [-0.2, 0) is 10.3 Å². The molecule has 1 aromatic heterocycles. The Bertz CT molecular complexity index is 821. The fourth-order valence-corrected chi connectivity index (χ4v) is 2.51. The molecule has 1 unspecified atom stereocenters. The first-order valence-electron chi connectivity index (χ1n) is 7.02. The highest BCUT2D eigenvalue weighted by Crippen LogP contribution is 2.53. The van der Waals surface area contributed by atoms with Gasteiger partial charge in [-0.3, -0.25) is 10.1 Å². The first-order chi connectivity index (χ1) is 11.7. The molecule has 0 aliphatic carbocycles. The van der Waals surface area contributed by atoms with Gasteiger partial charge in [0.15, 0.2) is 5.60 Å². The number of halogens is 4. The molecule has 132 valence electrons. The van der Waals surface area contributed by atoms with Crippen molar-refractivity contribution in [3.63, 3.8) is 0 Å². The molecule has 0 radical (unpaired) electrons. The molecule has 25 heavy (non-hydrogen) atoms. The minimum absolute atomic E-state index is 0.154. The van der Waals surface area contributed by atoms with Crippen LogP contribution in [0.15, 0.2) is 36.5 Å². The third-order valence-electron chi connectivity index (χ3n) is 3.79. The Balaban J connectivity index is 2.09. The minimum atomic E-state index is -4.81. The molecule has 1 aromatic carbocycles. The zero-order valence-corrected chi connectivity index (χ0v) is 12.4. The van der Waals surface area contributed by atoms with Crippen LogP contribution in [0.25, 0.3) is 0 Å². The van der Waals surface area contributed by atoms with Gasteiger partial charge < -0.3 is 9.47 Å². The fraction of sp³-hybridized carbons (Fsp3) is 0.267. The Morgan fingerprint density at radius 2 is 2.04 bits per heavy atom. The van der Waals surface area contributed by atoms with Crippen molar-refractivity contribution >= 4 is 5.69 Å². The quantitative estimate of drug-likeness (QED) is 0.467. The van der Waals surface area contributed by atoms with Gasteiger partial charge in [-0.2, -0.15) is 13.2 Å². The molecule has 0 amide bonds. The summed E-state index contributed by atoms with van der Waals surface area (Å²) in [4.78, 5) is 13.9. The molecule has 1 fully saturated rings. The van der Waals surface area contributed by atoms with Crippen LogP contribution in [0.4, 0.5) is 23.2 Å². The minimum Gasteiger partial charge on any atom is -0.433 e. The summed E-state index contributed by atoms with van der Waals surface area (Å²) in [6.07, 6.45) is -4.04. The van der Waals surface area contributed by atoms with Gasteiger partial charge in [0.1, 0.15) is 11.6 Å². The van der Waals surface area contributed by atoms with Gasteiger partial charge in [-0.1, -0.05) is 0 Å². The van der Waals surface area contributed by atoms with E-state index in [1.54, 1.807) is 0 Å². The molecular formula is C15H10F4N2O4. The van der Waals surface area contributed by atoms with Gasteiger partial charge in [0, 0.05) is 24.2 Å². The number of hydrogen-bond donors (Lipinski definition) is 0. The predicted molar refractivity (Wildman–Crippen MR) is 75.7 cm³/mol. The number of nitrogens with zero attached hydrogens (tertiary/aromatic N) is 2. The van der Waals surface area contributed by atoms with Crippen LogP contribution < -0.4 is 4.74 Å². The zero-order chi connectivity index (χ0) is 18.2. The van der Waals surface area contributed by atoms with Gasteiger partial charge in [-0.05, 0) is 24.3 Å². The second-order valence-electron chi connectivity index (χ2n) is 5.25. The molecule has 1 saturated heterocycles. The third-order valence-corrected chi connectivity index (χ3v) is 3.79. The summed E-state index contributed by atoms with van der Waals surface area (Å²) in [5, 5.41) is 11.0. The van der Waals surface area contributed by atoms with E-state index in [0.717, 1.165) is 18.2 Å². The number of aromatic nitrogens is 1. The van der Waals surface area contributed by atoms with Crippen molar-refractivity contribution in [3.05, 3.63) is 58.0 Å². The Morgan fingerprint density at radius 1 is 1.32 bits per heavy atom. The Labute approximate surface area is 138 Å². The lowest BCUT2D eigenvalue weighted by atomic mass is 9.85. The number of ether oxygens (including phenoxy) is 2. The first kappa shape index (κ1) is 17.1. The van der Waals surface area contributed by atoms with Crippen molar-refractivity contribution in [2.75, 3.05) is 6.61 Å². The normalized spacial score (nSPS) is 20.0. The fourth-order valence-electron chi connectivity index (χ4n) is 2.51. The summed E-state index contributed by atoms with van der Waals surface area (Å²) in [6.45, 7) is -0.154. The van der Waals surface area contributed by atoms with E-state index in [0.29, 0.717) is 6.07 Å². The SMILES string of the molecule is O=[N+]([O-])c1cccnc1Oc1ccc(F)cc1C1(C(F)(F)F)CCO1. The molecular weight excluding hydrogens is 348 g/mol. The molecule has 0 bridgehead atoms. The lowest BCUT2D eigenvalue weighted by Gasteiger charge is -2.43. The van der Waals surface area contributed by atoms with Gasteiger partial charge in [0.05, 0.1) is 11.5 Å². The summed E-state index contributed by atoms with van der Waals surface area (Å²) in [5.41, 5.74) is -3.84. The van der Waals surface area contributed by atoms with Gasteiger partial charge in [-0.25, -0.2) is 9.37 Å². The van der Waals surface area contributed by atoms with Gasteiger partial charge in [0.2, 0.25) is 0 Å². The van der Waals surface area contributed by atoms with E-state index >= 15 is 0 Å². The first-order valence-corrected chi connectivity index (χ1v) is 7.02. The Hall–Kier alpha value is -2.75. The van der Waals surface area contributed by atoms with Crippen molar-refractivity contribution in [2.24, 2.45) is 0 Å². The van der Waals surface area contributed by atoms with Crippen LogP contribution >= 0.6 is 0 Å². The Kier molecular flexibility index (Phi) is 4.07. The second-order valence-corrected chi connectivity index (χ2v) is 5.25. The maximum atomic E-state index is 13.6. The maximum Gasteiger partial charge on any atom is 0.421 e. The molecule has 2 heterocycles. The molecule has 6 nitrogen and oxygen atoms in total. The predicted octanol–water partition coefficient (Wildman–Crippen LogP) is 4.10. The van der Waals surface area contributed by atoms with E-state index in [9.17, 15) is 27.7 Å². The van der Waals surface area contributed by atoms with Crippen molar-refractivity contribution in [3.8, 4) is 11.6 Å². The third kappa shape index (κ3) is 2.88. The zero-order valence-electron chi connectivity index (χ0n) is 12.4. The van der Waals surface area contributed by atoms with E-state index < -0.39 is 51.8 Å². The van der Waals surface area contributed by atoms with Crippen molar-refractivity contribution in [2.45, 2.75) is 18.2 Å². The lowest BCUT2D eigenvalue weighted by molar-refractivity contribution is -0.386. The molecule has 0 spiro atoms. The average Bonchev–Trinajstić information content (AvgIpc) is 2.47. The average molecular weight is 358 g/mol. The molecule has 3 rings (SSSR count). The number of hydrogen-bond acceptors (Lipinski definition) is 5. The van der Waals surface area contributed by atoms with Gasteiger partial charge in [0.25, 0.3) is 5.88 Å². The van der Waals surface area contributed by atoms with Gasteiger partial charge >= 0.3 is 11.9 Å². The highest BCUT2D eigenvalue weighted by atomic mass is 19.4. The van der Waals surface area contributed by atoms with Gasteiger partial charge in [-0.15, -0.1) is 0 Å². The van der Waals surface area contributed by atoms with Crippen LogP contribution in [0.5, 0.6) is 11.6 Å². The molecule has 1 atom stereocenters. The van der Waals surface area contributed by atoms with Crippen LogP contribution in [0.1, 0.15) is 12.0 Å². The smallest absolute Gasteiger partial charge is 0.421 e. The molecule has 2 aromatic rings. The summed E-state index contributed by atoms with van der Waals surface area (Å²) < 4.78 is 64.0. The maximum absolute atomic E-state index is 13.6. The number of rotatable bonds is 4. The number of pyridine rings is 1. The van der Waals surface area contributed by atoms with Crippen molar-refractivity contribution in [1.82, 2.24) is 4.98 Å². The topological polar surface area (TPSA) is 74.5 Å². The lowest BCUT2D eigenvalue weighted by Crippen LogP contribution is -2.52. The standard InChI is InChI=1S/C15H10F4N2O4/c16-9-3-4-12(25-13-11(21(22)23)2-1-6-20-13)10(8-9)14(5-7-24-14)15(17,18)19/h1-4,6,8H,5,7H2. The summed E-state index contributed by atoms with van der Waals surface area (Å²) >= 11 is 0. The van der Waals surface area contributed by atoms with E-state index in [4.69, 9.17) is 9.47 Å². The van der Waals surface area contributed by atoms with Crippen LogP contribution in [-0.4, -0.2) is 22.7 Å². The molecule has 1 aliphatic rings. The molecule has 10 heteroatoms. The van der Waals surface area contributed by atoms with E-state index in [2.05, 4.69) is 4.98 Å². The van der Waals surface area contributed by atoms with Crippen LogP contribution in [0.2, 0.25) is 0 Å². The van der Waals surface area contributed by atoms with Crippen molar-refractivity contribution in [1.29, 1.82) is 0 Å². The number of benzene rings is 1. The van der Waals surface area contributed by atoms with E-state index in [1.807, 2.05) is 0 Å². The second kappa shape index (κ2) is 5.96. The summed E-state index contributed by atoms with van der Waals surface area (Å²) in [5.74, 6) is -1.84. The Morgan fingerprint density at radius 3 is 2.60 bits per heavy atom. The van der Waals surface area contributed by atoms with E-state index in [-0.39, 0.29) is 6.61 Å². The van der Waals surface area contributed by atoms with Crippen LogP contribution in [0, 0.1) is 15.9 Å².